The SMILES string of the molecule is CC(Oc1ccccc1Cl)C(=O)NNC(=O)c1cc(-c2ccccc2)on1. The molecule has 138 valence electrons. The van der Waals surface area contributed by atoms with Crippen LogP contribution in [0.4, 0.5) is 0 Å². The first-order valence-corrected chi connectivity index (χ1v) is 8.46. The molecule has 0 aliphatic heterocycles. The van der Waals surface area contributed by atoms with E-state index in [9.17, 15) is 9.59 Å². The van der Waals surface area contributed by atoms with Crippen molar-refractivity contribution in [2.75, 3.05) is 0 Å². The minimum Gasteiger partial charge on any atom is -0.479 e. The van der Waals surface area contributed by atoms with Gasteiger partial charge in [-0.25, -0.2) is 0 Å². The van der Waals surface area contributed by atoms with Crippen LogP contribution in [0.25, 0.3) is 11.3 Å². The number of para-hydroxylation sites is 1. The fraction of sp³-hybridized carbons (Fsp3) is 0.105. The molecule has 3 aromatic rings. The van der Waals surface area contributed by atoms with Gasteiger partial charge in [-0.05, 0) is 19.1 Å². The normalized spacial score (nSPS) is 11.5. The van der Waals surface area contributed by atoms with Crippen molar-refractivity contribution in [3.63, 3.8) is 0 Å². The van der Waals surface area contributed by atoms with Gasteiger partial charge in [-0.15, -0.1) is 0 Å². The van der Waals surface area contributed by atoms with Crippen molar-refractivity contribution in [3.05, 3.63) is 71.4 Å². The van der Waals surface area contributed by atoms with Crippen molar-refractivity contribution in [1.82, 2.24) is 16.0 Å². The minimum absolute atomic E-state index is 0.0360. The average Bonchev–Trinajstić information content (AvgIpc) is 3.18. The van der Waals surface area contributed by atoms with Crippen molar-refractivity contribution < 1.29 is 18.8 Å². The molecule has 8 heteroatoms. The third kappa shape index (κ3) is 4.65. The molecule has 0 bridgehead atoms. The second kappa shape index (κ2) is 8.37. The molecule has 2 N–H and O–H groups in total. The third-order valence-corrected chi connectivity index (χ3v) is 3.92. The highest BCUT2D eigenvalue weighted by atomic mass is 35.5. The van der Waals surface area contributed by atoms with Crippen LogP contribution in [0.3, 0.4) is 0 Å². The maximum Gasteiger partial charge on any atom is 0.291 e. The zero-order valence-electron chi connectivity index (χ0n) is 14.3. The summed E-state index contributed by atoms with van der Waals surface area (Å²) < 4.78 is 10.6. The smallest absolute Gasteiger partial charge is 0.291 e. The van der Waals surface area contributed by atoms with E-state index in [2.05, 4.69) is 16.0 Å². The lowest BCUT2D eigenvalue weighted by molar-refractivity contribution is -0.128. The molecule has 0 radical (unpaired) electrons. The number of hydrazine groups is 1. The van der Waals surface area contributed by atoms with Crippen LogP contribution in [0, 0.1) is 0 Å². The molecular weight excluding hydrogens is 370 g/mol. The van der Waals surface area contributed by atoms with Gasteiger partial charge < -0.3 is 9.26 Å². The number of rotatable bonds is 5. The summed E-state index contributed by atoms with van der Waals surface area (Å²) in [5.41, 5.74) is 5.37. The van der Waals surface area contributed by atoms with Crippen LogP contribution in [0.2, 0.25) is 5.02 Å². The highest BCUT2D eigenvalue weighted by Crippen LogP contribution is 2.24. The third-order valence-electron chi connectivity index (χ3n) is 3.61. The first kappa shape index (κ1) is 18.5. The number of hydrogen-bond donors (Lipinski definition) is 2. The fourth-order valence-electron chi connectivity index (χ4n) is 2.19. The number of benzene rings is 2. The summed E-state index contributed by atoms with van der Waals surface area (Å²) in [6, 6.07) is 17.5. The zero-order chi connectivity index (χ0) is 19.2. The number of aromatic nitrogens is 1. The second-order valence-corrected chi connectivity index (χ2v) is 5.98. The molecule has 2 amide bonds. The largest absolute Gasteiger partial charge is 0.479 e. The van der Waals surface area contributed by atoms with Gasteiger partial charge in [0.2, 0.25) is 0 Å². The number of carbonyl (C=O) groups is 2. The number of carbonyl (C=O) groups excluding carboxylic acids is 2. The molecule has 0 fully saturated rings. The topological polar surface area (TPSA) is 93.5 Å². The van der Waals surface area contributed by atoms with E-state index in [1.54, 1.807) is 24.3 Å². The quantitative estimate of drug-likeness (QED) is 0.658. The van der Waals surface area contributed by atoms with E-state index in [4.69, 9.17) is 20.9 Å². The summed E-state index contributed by atoms with van der Waals surface area (Å²) in [6.07, 6.45) is -0.873. The Morgan fingerprint density at radius 3 is 2.52 bits per heavy atom. The average molecular weight is 386 g/mol. The lowest BCUT2D eigenvalue weighted by Crippen LogP contribution is -2.47. The van der Waals surface area contributed by atoms with Crippen LogP contribution >= 0.6 is 11.6 Å². The Morgan fingerprint density at radius 2 is 1.78 bits per heavy atom. The number of nitrogens with zero attached hydrogens (tertiary/aromatic N) is 1. The number of hydrogen-bond acceptors (Lipinski definition) is 5. The molecule has 1 atom stereocenters. The van der Waals surface area contributed by atoms with Crippen LogP contribution in [-0.4, -0.2) is 23.1 Å². The van der Waals surface area contributed by atoms with Crippen molar-refractivity contribution in [3.8, 4) is 17.1 Å². The number of amides is 2. The highest BCUT2D eigenvalue weighted by molar-refractivity contribution is 6.32. The van der Waals surface area contributed by atoms with Gasteiger partial charge in [0, 0.05) is 11.6 Å². The Balaban J connectivity index is 1.55. The molecule has 2 aromatic carbocycles. The van der Waals surface area contributed by atoms with Gasteiger partial charge in [-0.2, -0.15) is 0 Å². The van der Waals surface area contributed by atoms with Gasteiger partial charge in [-0.3, -0.25) is 20.4 Å². The molecular formula is C19H16ClN3O4. The monoisotopic (exact) mass is 385 g/mol. The van der Waals surface area contributed by atoms with E-state index in [0.717, 1.165) is 5.56 Å². The van der Waals surface area contributed by atoms with E-state index >= 15 is 0 Å². The molecule has 0 saturated carbocycles. The summed E-state index contributed by atoms with van der Waals surface area (Å²) >= 11 is 5.99. The highest BCUT2D eigenvalue weighted by Gasteiger charge is 2.18. The van der Waals surface area contributed by atoms with Crippen LogP contribution in [-0.2, 0) is 4.79 Å². The van der Waals surface area contributed by atoms with E-state index in [0.29, 0.717) is 16.5 Å². The van der Waals surface area contributed by atoms with Crippen molar-refractivity contribution in [1.29, 1.82) is 0 Å². The molecule has 1 unspecified atom stereocenters. The summed E-state index contributed by atoms with van der Waals surface area (Å²) in [5.74, 6) is -0.339. The van der Waals surface area contributed by atoms with Gasteiger partial charge in [0.25, 0.3) is 11.8 Å². The van der Waals surface area contributed by atoms with Crippen molar-refractivity contribution in [2.24, 2.45) is 0 Å². The van der Waals surface area contributed by atoms with Crippen molar-refractivity contribution >= 4 is 23.4 Å². The maximum atomic E-state index is 12.1. The maximum absolute atomic E-state index is 12.1. The Labute approximate surface area is 160 Å². The molecule has 7 nitrogen and oxygen atoms in total. The van der Waals surface area contributed by atoms with Crippen molar-refractivity contribution in [2.45, 2.75) is 13.0 Å². The van der Waals surface area contributed by atoms with Crippen LogP contribution in [0.15, 0.2) is 65.2 Å². The lowest BCUT2D eigenvalue weighted by atomic mass is 10.1. The van der Waals surface area contributed by atoms with Gasteiger partial charge in [0.15, 0.2) is 17.6 Å². The number of halogens is 1. The Bertz CT molecular complexity index is 943. The predicted octanol–water partition coefficient (Wildman–Crippen LogP) is 3.22. The summed E-state index contributed by atoms with van der Waals surface area (Å²) in [7, 11) is 0. The molecule has 0 saturated heterocycles. The molecule has 0 aliphatic rings. The molecule has 27 heavy (non-hydrogen) atoms. The fourth-order valence-corrected chi connectivity index (χ4v) is 2.37. The van der Waals surface area contributed by atoms with E-state index in [-0.39, 0.29) is 5.69 Å². The minimum atomic E-state index is -0.873. The Morgan fingerprint density at radius 1 is 1.07 bits per heavy atom. The Hall–Kier alpha value is -3.32. The summed E-state index contributed by atoms with van der Waals surface area (Å²) in [4.78, 5) is 24.2. The number of nitrogens with one attached hydrogen (secondary N) is 2. The first-order chi connectivity index (χ1) is 13.0. The standard InChI is InChI=1S/C19H16ClN3O4/c1-12(26-16-10-6-5-9-14(16)20)18(24)21-22-19(25)15-11-17(27-23-15)13-7-3-2-4-8-13/h2-12H,1H3,(H,21,24)(H,22,25). The van der Waals surface area contributed by atoms with Crippen LogP contribution in [0.5, 0.6) is 5.75 Å². The van der Waals surface area contributed by atoms with Gasteiger partial charge in [0.05, 0.1) is 5.02 Å². The molecule has 0 spiro atoms. The van der Waals surface area contributed by atoms with Gasteiger partial charge in [-0.1, -0.05) is 59.2 Å². The molecule has 3 rings (SSSR count). The summed E-state index contributed by atoms with van der Waals surface area (Å²) in [5, 5.41) is 4.09. The van der Waals surface area contributed by atoms with E-state index in [1.165, 1.54) is 13.0 Å². The van der Waals surface area contributed by atoms with Crippen LogP contribution in [0.1, 0.15) is 17.4 Å². The van der Waals surface area contributed by atoms with Gasteiger partial charge >= 0.3 is 0 Å². The van der Waals surface area contributed by atoms with Crippen LogP contribution < -0.4 is 15.6 Å². The molecule has 0 aliphatic carbocycles. The Kier molecular flexibility index (Phi) is 5.73. The lowest BCUT2D eigenvalue weighted by Gasteiger charge is -2.15. The first-order valence-electron chi connectivity index (χ1n) is 8.08. The summed E-state index contributed by atoms with van der Waals surface area (Å²) in [6.45, 7) is 1.54. The molecule has 1 aromatic heterocycles. The van der Waals surface area contributed by atoms with E-state index in [1.807, 2.05) is 30.3 Å². The zero-order valence-corrected chi connectivity index (χ0v) is 15.1. The number of ether oxygens (including phenoxy) is 1. The predicted molar refractivity (Wildman–Crippen MR) is 99.1 cm³/mol. The molecule has 1 heterocycles. The second-order valence-electron chi connectivity index (χ2n) is 5.58. The van der Waals surface area contributed by atoms with Gasteiger partial charge in [0.1, 0.15) is 5.75 Å². The van der Waals surface area contributed by atoms with E-state index < -0.39 is 17.9 Å².